The van der Waals surface area contributed by atoms with E-state index in [-0.39, 0.29) is 19.5 Å². The van der Waals surface area contributed by atoms with Crippen LogP contribution < -0.4 is 11.5 Å². The van der Waals surface area contributed by atoms with Crippen molar-refractivity contribution in [3.63, 3.8) is 0 Å². The van der Waals surface area contributed by atoms with Crippen LogP contribution in [0.1, 0.15) is 66.2 Å². The summed E-state index contributed by atoms with van der Waals surface area (Å²) in [4.78, 5) is 18.1. The number of rotatable bonds is 4. The zero-order valence-electron chi connectivity index (χ0n) is 12.7. The summed E-state index contributed by atoms with van der Waals surface area (Å²) in [6.45, 7) is 8.85. The van der Waals surface area contributed by atoms with Crippen LogP contribution in [-0.2, 0) is 44.7 Å². The number of primary amides is 2. The van der Waals surface area contributed by atoms with Gasteiger partial charge in [0, 0.05) is 0 Å². The second-order valence-corrected chi connectivity index (χ2v) is 4.15. The van der Waals surface area contributed by atoms with Crippen molar-refractivity contribution in [1.82, 2.24) is 0 Å². The van der Waals surface area contributed by atoms with E-state index in [4.69, 9.17) is 9.59 Å². The van der Waals surface area contributed by atoms with E-state index < -0.39 is 10.5 Å². The van der Waals surface area contributed by atoms with E-state index in [0.717, 1.165) is 0 Å². The van der Waals surface area contributed by atoms with Crippen LogP contribution in [0.5, 0.6) is 0 Å². The molecule has 0 aliphatic rings. The second kappa shape index (κ2) is 36.1. The maximum atomic E-state index is 9.04. The van der Waals surface area contributed by atoms with Gasteiger partial charge in [0.25, 0.3) is 0 Å². The molecule has 0 aliphatic heterocycles. The summed E-state index contributed by atoms with van der Waals surface area (Å²) in [7, 11) is 0. The summed E-state index contributed by atoms with van der Waals surface area (Å²) in [5.74, 6) is 0. The van der Waals surface area contributed by atoms with Crippen molar-refractivity contribution in [2.45, 2.75) is 66.2 Å². The molecular weight excluding hydrogens is 334 g/mol. The molecule has 0 aliphatic carbocycles. The number of unbranched alkanes of at least 4 members (excludes halogenated alkanes) is 4. The van der Waals surface area contributed by atoms with Gasteiger partial charge in [-0.1, -0.05) is 66.2 Å². The Labute approximate surface area is 142 Å². The Morgan fingerprint density at radius 3 is 0.842 bits per heavy atom. The molecule has 0 fully saturated rings. The van der Waals surface area contributed by atoms with Crippen LogP contribution in [0.25, 0.3) is 0 Å². The van der Waals surface area contributed by atoms with Crippen molar-refractivity contribution >= 4 is 35.7 Å². The molecule has 4 N–H and O–H groups in total. The van der Waals surface area contributed by atoms with Crippen molar-refractivity contribution in [3.8, 4) is 0 Å². The molecule has 0 saturated carbocycles. The van der Waals surface area contributed by atoms with Gasteiger partial charge in [0.15, 0.2) is 0 Å². The Morgan fingerprint density at radius 1 is 0.737 bits per heavy atom. The summed E-state index contributed by atoms with van der Waals surface area (Å²) in [5, 5.41) is -1.50. The molecule has 0 aromatic heterocycles. The van der Waals surface area contributed by atoms with Gasteiger partial charge in [-0.15, -0.1) is 0 Å². The molecule has 0 heterocycles. The third kappa shape index (κ3) is 288. The van der Waals surface area contributed by atoms with Crippen LogP contribution in [0.15, 0.2) is 0 Å². The van der Waals surface area contributed by atoms with Crippen LogP contribution in [-0.4, -0.2) is 10.5 Å². The second-order valence-electron chi connectivity index (χ2n) is 3.35. The van der Waals surface area contributed by atoms with Gasteiger partial charge in [-0.25, -0.2) is 0 Å². The Hall–Kier alpha value is 0.00338. The van der Waals surface area contributed by atoms with Gasteiger partial charge in [0.2, 0.25) is 0 Å². The molecule has 0 atom stereocenters. The van der Waals surface area contributed by atoms with Crippen molar-refractivity contribution in [3.05, 3.63) is 0 Å². The molecule has 0 saturated heterocycles. The molecule has 0 radical (unpaired) electrons. The minimum atomic E-state index is -0.750. The van der Waals surface area contributed by atoms with Gasteiger partial charge < -0.3 is 46.3 Å². The first kappa shape index (κ1) is 31.4. The predicted octanol–water partition coefficient (Wildman–Crippen LogP) is 3.61. The van der Waals surface area contributed by atoms with E-state index in [1.54, 1.807) is 0 Å². The number of amides is 2. The molecule has 4 nitrogen and oxygen atoms in total. The fraction of sp³-hybridized carbons (Fsp3) is 0.833. The van der Waals surface area contributed by atoms with E-state index in [0.29, 0.717) is 0 Å². The SMILES string of the molecule is CCCCC.CCCCC.NC(=O)[S-].NC(=O)[S-].[Zn+2]. The molecule has 0 unspecified atom stereocenters. The molecule has 19 heavy (non-hydrogen) atoms. The zero-order chi connectivity index (χ0) is 15.4. The normalized spacial score (nSPS) is 6.95. The van der Waals surface area contributed by atoms with Crippen molar-refractivity contribution < 1.29 is 29.1 Å². The van der Waals surface area contributed by atoms with E-state index in [1.165, 1.54) is 38.5 Å². The first-order chi connectivity index (χ1) is 8.29. The van der Waals surface area contributed by atoms with Gasteiger partial charge in [-0.3, -0.25) is 0 Å². The molecule has 0 bridgehead atoms. The molecular formula is C12H28N2O2S2Zn. The largest absolute Gasteiger partial charge is 2.00 e. The van der Waals surface area contributed by atoms with Crippen molar-refractivity contribution in [1.29, 1.82) is 0 Å². The maximum absolute atomic E-state index is 9.04. The minimum absolute atomic E-state index is 0. The Morgan fingerprint density at radius 2 is 0.842 bits per heavy atom. The summed E-state index contributed by atoms with van der Waals surface area (Å²) in [6, 6.07) is 0. The Balaban J connectivity index is -0.0000000453. The van der Waals surface area contributed by atoms with Crippen LogP contribution >= 0.6 is 0 Å². The van der Waals surface area contributed by atoms with E-state index >= 15 is 0 Å². The standard InChI is InChI=1S/2C5H12.2CH3NOS.Zn/c2*1-3-5-4-2;2*2-1(3)4;/h2*3-5H2,1-2H3;2*(H3,2,3,4);/q;;;;+2/p-2. The zero-order valence-corrected chi connectivity index (χ0v) is 17.3. The number of hydrogen-bond donors (Lipinski definition) is 2. The monoisotopic (exact) mass is 360 g/mol. The molecule has 0 spiro atoms. The van der Waals surface area contributed by atoms with Crippen molar-refractivity contribution in [2.75, 3.05) is 0 Å². The molecule has 2 amide bonds. The van der Waals surface area contributed by atoms with Gasteiger partial charge >= 0.3 is 19.5 Å². The summed E-state index contributed by atoms with van der Waals surface area (Å²) in [6.07, 6.45) is 8.15. The Bertz CT molecular complexity index is 144. The smallest absolute Gasteiger partial charge is 0.719 e. The average molecular weight is 362 g/mol. The molecule has 112 valence electrons. The van der Waals surface area contributed by atoms with E-state index in [1.807, 2.05) is 0 Å². The fourth-order valence-electron chi connectivity index (χ4n) is 0.707. The summed E-state index contributed by atoms with van der Waals surface area (Å²) >= 11 is 7.52. The van der Waals surface area contributed by atoms with Gasteiger partial charge in [0.05, 0.1) is 10.5 Å². The first-order valence-corrected chi connectivity index (χ1v) is 7.04. The van der Waals surface area contributed by atoms with E-state index in [2.05, 4.69) is 64.4 Å². The molecule has 0 rings (SSSR count). The fourth-order valence-corrected chi connectivity index (χ4v) is 0.707. The summed E-state index contributed by atoms with van der Waals surface area (Å²) in [5.41, 5.74) is 8.57. The van der Waals surface area contributed by atoms with Crippen LogP contribution in [0.2, 0.25) is 0 Å². The predicted molar refractivity (Wildman–Crippen MR) is 84.3 cm³/mol. The van der Waals surface area contributed by atoms with Crippen LogP contribution in [0.4, 0.5) is 9.59 Å². The molecule has 7 heteroatoms. The molecule has 0 aromatic rings. The number of carbonyl (C=O) groups excluding carboxylic acids is 2. The summed E-state index contributed by atoms with van der Waals surface area (Å²) < 4.78 is 0. The van der Waals surface area contributed by atoms with Crippen LogP contribution in [0.3, 0.4) is 0 Å². The van der Waals surface area contributed by atoms with E-state index in [9.17, 15) is 0 Å². The Kier molecular flexibility index (Phi) is 59.7. The third-order valence-electron chi connectivity index (χ3n) is 1.41. The number of carbonyl (C=O) groups is 2. The molecule has 0 aromatic carbocycles. The topological polar surface area (TPSA) is 86.2 Å². The number of nitrogens with two attached hydrogens (primary N) is 2. The van der Waals surface area contributed by atoms with Crippen molar-refractivity contribution in [2.24, 2.45) is 11.5 Å². The number of hydrogen-bond acceptors (Lipinski definition) is 4. The quantitative estimate of drug-likeness (QED) is 0.591. The van der Waals surface area contributed by atoms with Crippen LogP contribution in [0, 0.1) is 0 Å². The first-order valence-electron chi connectivity index (χ1n) is 6.22. The van der Waals surface area contributed by atoms with Gasteiger partial charge in [-0.05, 0) is 0 Å². The maximum Gasteiger partial charge on any atom is 2.00 e. The van der Waals surface area contributed by atoms with Gasteiger partial charge in [-0.2, -0.15) is 0 Å². The third-order valence-corrected chi connectivity index (χ3v) is 1.41. The van der Waals surface area contributed by atoms with Gasteiger partial charge in [0.1, 0.15) is 0 Å². The minimum Gasteiger partial charge on any atom is -0.719 e. The average Bonchev–Trinajstić information content (AvgIpc) is 2.19.